The molecule has 0 spiro atoms. The van der Waals surface area contributed by atoms with Crippen molar-refractivity contribution in [3.05, 3.63) is 68.6 Å². The topological polar surface area (TPSA) is 105 Å². The van der Waals surface area contributed by atoms with E-state index in [1.165, 1.54) is 12.3 Å². The lowest BCUT2D eigenvalue weighted by Crippen LogP contribution is -2.30. The quantitative estimate of drug-likeness (QED) is 0.748. The van der Waals surface area contributed by atoms with E-state index in [9.17, 15) is 14.4 Å². The Kier molecular flexibility index (Phi) is 2.94. The second kappa shape index (κ2) is 4.78. The molecule has 2 aromatic heterocycles. The number of carboxylic acid groups (broad SMARTS) is 1. The number of carboxylic acids is 1. The van der Waals surface area contributed by atoms with Crippen molar-refractivity contribution in [2.75, 3.05) is 0 Å². The maximum Gasteiger partial charge on any atom is 0.339 e. The van der Waals surface area contributed by atoms with Gasteiger partial charge in [-0.1, -0.05) is 12.1 Å². The highest BCUT2D eigenvalue weighted by molar-refractivity contribution is 5.88. The van der Waals surface area contributed by atoms with Gasteiger partial charge in [-0.15, -0.1) is 0 Å². The van der Waals surface area contributed by atoms with Crippen LogP contribution in [-0.2, 0) is 6.54 Å². The van der Waals surface area contributed by atoms with E-state index >= 15 is 0 Å². The molecular formula is C14H10N2O5. The molecule has 0 aliphatic heterocycles. The zero-order valence-corrected chi connectivity index (χ0v) is 10.7. The average Bonchev–Trinajstić information content (AvgIpc) is 2.93. The number of aromatic amines is 1. The van der Waals surface area contributed by atoms with E-state index in [0.717, 1.165) is 4.68 Å². The Morgan fingerprint density at radius 1 is 1.19 bits per heavy atom. The van der Waals surface area contributed by atoms with Crippen molar-refractivity contribution >= 4 is 16.7 Å². The molecule has 0 amide bonds. The van der Waals surface area contributed by atoms with Crippen LogP contribution in [0, 0.1) is 0 Å². The third-order valence-corrected chi connectivity index (χ3v) is 3.16. The van der Waals surface area contributed by atoms with Gasteiger partial charge < -0.3 is 9.52 Å². The lowest BCUT2D eigenvalue weighted by Gasteiger charge is -2.06. The van der Waals surface area contributed by atoms with Crippen molar-refractivity contribution in [1.29, 1.82) is 0 Å². The van der Waals surface area contributed by atoms with Crippen molar-refractivity contribution in [3.8, 4) is 0 Å². The number of nitrogens with one attached hydrogen (secondary N) is 1. The predicted molar refractivity (Wildman–Crippen MR) is 73.6 cm³/mol. The summed E-state index contributed by atoms with van der Waals surface area (Å²) in [6.45, 7) is -0.159. The van der Waals surface area contributed by atoms with Crippen LogP contribution in [0.15, 0.2) is 50.6 Å². The number of furan rings is 1. The zero-order chi connectivity index (χ0) is 15.0. The van der Waals surface area contributed by atoms with E-state index in [-0.39, 0.29) is 28.6 Å². The molecule has 7 heteroatoms. The Morgan fingerprint density at radius 2 is 1.90 bits per heavy atom. The largest absolute Gasteiger partial charge is 0.478 e. The van der Waals surface area contributed by atoms with Crippen LogP contribution in [0.4, 0.5) is 0 Å². The van der Waals surface area contributed by atoms with Gasteiger partial charge in [0, 0.05) is 0 Å². The van der Waals surface area contributed by atoms with Crippen molar-refractivity contribution in [2.45, 2.75) is 6.54 Å². The van der Waals surface area contributed by atoms with E-state index in [1.807, 2.05) is 0 Å². The van der Waals surface area contributed by atoms with Crippen LogP contribution in [0.1, 0.15) is 16.1 Å². The number of fused-ring (bicyclic) bond motifs is 1. The van der Waals surface area contributed by atoms with Crippen LogP contribution in [0.25, 0.3) is 10.8 Å². The number of nitrogens with zero attached hydrogens (tertiary/aromatic N) is 1. The number of hydrogen-bond acceptors (Lipinski definition) is 4. The Labute approximate surface area is 117 Å². The van der Waals surface area contributed by atoms with Crippen molar-refractivity contribution in [3.63, 3.8) is 0 Å². The third-order valence-electron chi connectivity index (χ3n) is 3.16. The first-order valence-electron chi connectivity index (χ1n) is 6.09. The number of aromatic carboxylic acids is 1. The summed E-state index contributed by atoms with van der Waals surface area (Å²) in [4.78, 5) is 35.2. The summed E-state index contributed by atoms with van der Waals surface area (Å²) in [5, 5.41) is 12.0. The SMILES string of the molecule is O=C(O)c1ccoc1Cn1[nH]c(=O)c2ccccc2c1=O. The minimum Gasteiger partial charge on any atom is -0.478 e. The fraction of sp³-hybridized carbons (Fsp3) is 0.0714. The zero-order valence-electron chi connectivity index (χ0n) is 10.7. The summed E-state index contributed by atoms with van der Waals surface area (Å²) < 4.78 is 6.11. The minimum atomic E-state index is -1.16. The van der Waals surface area contributed by atoms with Gasteiger partial charge in [0.25, 0.3) is 11.1 Å². The van der Waals surface area contributed by atoms with Gasteiger partial charge in [-0.05, 0) is 18.2 Å². The first kappa shape index (κ1) is 12.9. The number of hydrogen-bond donors (Lipinski definition) is 2. The normalized spacial score (nSPS) is 10.9. The highest BCUT2D eigenvalue weighted by Crippen LogP contribution is 2.11. The first-order valence-corrected chi connectivity index (χ1v) is 6.09. The molecule has 0 atom stereocenters. The van der Waals surface area contributed by atoms with Gasteiger partial charge in [0.05, 0.1) is 17.0 Å². The van der Waals surface area contributed by atoms with Crippen LogP contribution in [-0.4, -0.2) is 20.9 Å². The van der Waals surface area contributed by atoms with Gasteiger partial charge in [0.1, 0.15) is 17.9 Å². The number of carbonyl (C=O) groups is 1. The van der Waals surface area contributed by atoms with Gasteiger partial charge >= 0.3 is 5.97 Å². The molecule has 0 bridgehead atoms. The smallest absolute Gasteiger partial charge is 0.339 e. The monoisotopic (exact) mass is 286 g/mol. The van der Waals surface area contributed by atoms with E-state index in [0.29, 0.717) is 0 Å². The molecule has 0 unspecified atom stereocenters. The van der Waals surface area contributed by atoms with Crippen LogP contribution < -0.4 is 11.1 Å². The fourth-order valence-electron chi connectivity index (χ4n) is 2.16. The summed E-state index contributed by atoms with van der Waals surface area (Å²) in [5.74, 6) is -1.06. The van der Waals surface area contributed by atoms with Gasteiger partial charge in [-0.2, -0.15) is 0 Å². The van der Waals surface area contributed by atoms with Crippen LogP contribution >= 0.6 is 0 Å². The molecule has 0 saturated heterocycles. The Bertz CT molecular complexity index is 948. The lowest BCUT2D eigenvalue weighted by atomic mass is 10.2. The molecule has 1 aromatic carbocycles. The van der Waals surface area contributed by atoms with E-state index in [1.54, 1.807) is 24.3 Å². The van der Waals surface area contributed by atoms with Gasteiger partial charge in [0.15, 0.2) is 0 Å². The lowest BCUT2D eigenvalue weighted by molar-refractivity contribution is 0.0694. The molecule has 0 aliphatic carbocycles. The molecule has 2 N–H and O–H groups in total. The molecule has 7 nitrogen and oxygen atoms in total. The fourth-order valence-corrected chi connectivity index (χ4v) is 2.16. The van der Waals surface area contributed by atoms with E-state index < -0.39 is 17.1 Å². The second-order valence-corrected chi connectivity index (χ2v) is 4.44. The first-order chi connectivity index (χ1) is 10.1. The van der Waals surface area contributed by atoms with Crippen molar-refractivity contribution in [1.82, 2.24) is 9.78 Å². The number of H-pyrrole nitrogens is 1. The summed E-state index contributed by atoms with van der Waals surface area (Å²) in [5.41, 5.74) is -0.887. The molecule has 0 fully saturated rings. The number of benzene rings is 1. The molecule has 21 heavy (non-hydrogen) atoms. The summed E-state index contributed by atoms with van der Waals surface area (Å²) >= 11 is 0. The van der Waals surface area contributed by atoms with Crippen molar-refractivity contribution < 1.29 is 14.3 Å². The molecule has 0 saturated carbocycles. The number of rotatable bonds is 3. The predicted octanol–water partition coefficient (Wildman–Crippen LogP) is 1.03. The van der Waals surface area contributed by atoms with Gasteiger partial charge in [-0.3, -0.25) is 14.7 Å². The van der Waals surface area contributed by atoms with Crippen LogP contribution in [0.5, 0.6) is 0 Å². The van der Waals surface area contributed by atoms with Gasteiger partial charge in [0.2, 0.25) is 0 Å². The van der Waals surface area contributed by atoms with E-state index in [2.05, 4.69) is 5.10 Å². The van der Waals surface area contributed by atoms with Crippen LogP contribution in [0.3, 0.4) is 0 Å². The standard InChI is InChI=1S/C14H10N2O5/c17-12-8-3-1-2-4-9(8)13(18)16(15-12)7-11-10(14(19)20)5-6-21-11/h1-6H,7H2,(H,15,17)(H,19,20). The molecule has 3 aromatic rings. The Hall–Kier alpha value is -3.09. The molecule has 0 aliphatic rings. The summed E-state index contributed by atoms with van der Waals surface area (Å²) in [6.07, 6.45) is 1.23. The van der Waals surface area contributed by atoms with Gasteiger partial charge in [-0.25, -0.2) is 9.48 Å². The maximum atomic E-state index is 12.3. The van der Waals surface area contributed by atoms with E-state index in [4.69, 9.17) is 9.52 Å². The maximum absolute atomic E-state index is 12.3. The molecule has 0 radical (unpaired) electrons. The highest BCUT2D eigenvalue weighted by Gasteiger charge is 2.15. The summed E-state index contributed by atoms with van der Waals surface area (Å²) in [7, 11) is 0. The Balaban J connectivity index is 2.16. The molecule has 3 rings (SSSR count). The minimum absolute atomic E-state index is 0.0455. The van der Waals surface area contributed by atoms with Crippen LogP contribution in [0.2, 0.25) is 0 Å². The molecule has 106 valence electrons. The van der Waals surface area contributed by atoms with Crippen molar-refractivity contribution in [2.24, 2.45) is 0 Å². The third kappa shape index (κ3) is 2.14. The summed E-state index contributed by atoms with van der Waals surface area (Å²) in [6, 6.07) is 7.71. The molecular weight excluding hydrogens is 276 g/mol. The Morgan fingerprint density at radius 3 is 2.62 bits per heavy atom. The highest BCUT2D eigenvalue weighted by atomic mass is 16.4. The second-order valence-electron chi connectivity index (χ2n) is 4.44. The average molecular weight is 286 g/mol. The number of aromatic nitrogens is 2. The molecule has 2 heterocycles.